The zero-order chi connectivity index (χ0) is 20.1. The van der Waals surface area contributed by atoms with Crippen molar-refractivity contribution in [1.29, 1.82) is 0 Å². The van der Waals surface area contributed by atoms with E-state index in [1.165, 1.54) is 0 Å². The number of carbonyl (C=O) groups is 1. The largest absolute Gasteiger partial charge is 0.496 e. The van der Waals surface area contributed by atoms with Gasteiger partial charge in [-0.2, -0.15) is 5.10 Å². The molecule has 6 nitrogen and oxygen atoms in total. The lowest BCUT2D eigenvalue weighted by atomic mass is 10.1. The van der Waals surface area contributed by atoms with Gasteiger partial charge in [0.1, 0.15) is 18.1 Å². The van der Waals surface area contributed by atoms with E-state index >= 15 is 0 Å². The molecule has 0 saturated heterocycles. The molecule has 0 unspecified atom stereocenters. The molecule has 0 radical (unpaired) electrons. The summed E-state index contributed by atoms with van der Waals surface area (Å²) >= 11 is 5.90. The Morgan fingerprint density at radius 1 is 1.18 bits per heavy atom. The highest BCUT2D eigenvalue weighted by molar-refractivity contribution is 6.30. The maximum absolute atomic E-state index is 12.8. The Morgan fingerprint density at radius 3 is 2.57 bits per heavy atom. The smallest absolute Gasteiger partial charge is 0.253 e. The number of amides is 1. The standard InChI is InChI=1S/C21H22ClN3O3/c1-24(13-18-10-11-23-25(18)2)21(26)15-4-9-20(27-3)16(12-15)14-28-19-7-5-17(22)6-8-19/h4-12H,13-14H2,1-3H3. The monoisotopic (exact) mass is 399 g/mol. The Labute approximate surface area is 169 Å². The van der Waals surface area contributed by atoms with Gasteiger partial charge in [0, 0.05) is 36.4 Å². The van der Waals surface area contributed by atoms with Crippen molar-refractivity contribution in [3.8, 4) is 11.5 Å². The lowest BCUT2D eigenvalue weighted by molar-refractivity contribution is 0.0781. The number of nitrogens with zero attached hydrogens (tertiary/aromatic N) is 3. The summed E-state index contributed by atoms with van der Waals surface area (Å²) in [6.45, 7) is 0.745. The van der Waals surface area contributed by atoms with Gasteiger partial charge in [0.05, 0.1) is 19.3 Å². The second-order valence-corrected chi connectivity index (χ2v) is 6.81. The van der Waals surface area contributed by atoms with Crippen molar-refractivity contribution < 1.29 is 14.3 Å². The first-order chi connectivity index (χ1) is 13.5. The minimum atomic E-state index is -0.0865. The van der Waals surface area contributed by atoms with Crippen LogP contribution in [0.4, 0.5) is 0 Å². The van der Waals surface area contributed by atoms with E-state index in [0.717, 1.165) is 11.3 Å². The fourth-order valence-corrected chi connectivity index (χ4v) is 2.93. The zero-order valence-corrected chi connectivity index (χ0v) is 16.8. The summed E-state index contributed by atoms with van der Waals surface area (Å²) in [4.78, 5) is 14.5. The minimum absolute atomic E-state index is 0.0865. The molecule has 0 aliphatic carbocycles. The molecule has 146 valence electrons. The Balaban J connectivity index is 1.74. The molecule has 0 N–H and O–H groups in total. The molecule has 1 heterocycles. The quantitative estimate of drug-likeness (QED) is 0.604. The number of carbonyl (C=O) groups excluding carboxylic acids is 1. The summed E-state index contributed by atoms with van der Waals surface area (Å²) in [5.74, 6) is 1.27. The SMILES string of the molecule is COc1ccc(C(=O)N(C)Cc2ccnn2C)cc1COc1ccc(Cl)cc1. The molecule has 28 heavy (non-hydrogen) atoms. The lowest BCUT2D eigenvalue weighted by Gasteiger charge is -2.18. The number of ether oxygens (including phenoxy) is 2. The van der Waals surface area contributed by atoms with Gasteiger partial charge in [0.25, 0.3) is 5.91 Å². The molecule has 1 amide bonds. The molecule has 7 heteroatoms. The van der Waals surface area contributed by atoms with Crippen LogP contribution in [0.2, 0.25) is 5.02 Å². The molecule has 3 rings (SSSR count). The van der Waals surface area contributed by atoms with Crippen LogP contribution in [0.1, 0.15) is 21.6 Å². The number of benzene rings is 2. The average molecular weight is 400 g/mol. The van der Waals surface area contributed by atoms with Crippen LogP contribution in [0.25, 0.3) is 0 Å². The number of rotatable bonds is 7. The predicted molar refractivity (Wildman–Crippen MR) is 108 cm³/mol. The summed E-state index contributed by atoms with van der Waals surface area (Å²) in [5.41, 5.74) is 2.31. The normalized spacial score (nSPS) is 10.6. The van der Waals surface area contributed by atoms with Crippen molar-refractivity contribution in [2.75, 3.05) is 14.2 Å². The Hall–Kier alpha value is -2.99. The molecule has 0 aliphatic rings. The third kappa shape index (κ3) is 4.64. The van der Waals surface area contributed by atoms with Gasteiger partial charge in [0.2, 0.25) is 0 Å². The van der Waals surface area contributed by atoms with Crippen molar-refractivity contribution in [2.24, 2.45) is 7.05 Å². The summed E-state index contributed by atoms with van der Waals surface area (Å²) < 4.78 is 13.0. The minimum Gasteiger partial charge on any atom is -0.496 e. The van der Waals surface area contributed by atoms with E-state index in [-0.39, 0.29) is 12.5 Å². The molecule has 0 spiro atoms. The number of methoxy groups -OCH3 is 1. The fourth-order valence-electron chi connectivity index (χ4n) is 2.81. The van der Waals surface area contributed by atoms with Crippen molar-refractivity contribution in [3.63, 3.8) is 0 Å². The zero-order valence-electron chi connectivity index (χ0n) is 16.1. The first-order valence-corrected chi connectivity index (χ1v) is 9.13. The van der Waals surface area contributed by atoms with Crippen LogP contribution in [0, 0.1) is 0 Å². The van der Waals surface area contributed by atoms with Gasteiger partial charge in [-0.1, -0.05) is 11.6 Å². The highest BCUT2D eigenvalue weighted by atomic mass is 35.5. The van der Waals surface area contributed by atoms with Crippen molar-refractivity contribution in [2.45, 2.75) is 13.2 Å². The third-order valence-electron chi connectivity index (χ3n) is 4.40. The molecule has 0 saturated carbocycles. The van der Waals surface area contributed by atoms with E-state index in [9.17, 15) is 4.79 Å². The number of halogens is 1. The number of hydrogen-bond donors (Lipinski definition) is 0. The molecule has 1 aromatic heterocycles. The molecule has 2 aromatic carbocycles. The number of aryl methyl sites for hydroxylation is 1. The van der Waals surface area contributed by atoms with Crippen molar-refractivity contribution >= 4 is 17.5 Å². The van der Waals surface area contributed by atoms with Crippen molar-refractivity contribution in [1.82, 2.24) is 14.7 Å². The Morgan fingerprint density at radius 2 is 1.93 bits per heavy atom. The van der Waals surface area contributed by atoms with Gasteiger partial charge in [-0.05, 0) is 48.5 Å². The first kappa shape index (κ1) is 19.8. The fraction of sp³-hybridized carbons (Fsp3) is 0.238. The second kappa shape index (κ2) is 8.80. The molecule has 3 aromatic rings. The Bertz CT molecular complexity index is 954. The van der Waals surface area contributed by atoms with Crippen LogP contribution in [0.5, 0.6) is 11.5 Å². The van der Waals surface area contributed by atoms with Crippen LogP contribution in [-0.4, -0.2) is 34.7 Å². The highest BCUT2D eigenvalue weighted by Crippen LogP contribution is 2.24. The number of hydrogen-bond acceptors (Lipinski definition) is 4. The summed E-state index contributed by atoms with van der Waals surface area (Å²) in [6.07, 6.45) is 1.72. The third-order valence-corrected chi connectivity index (χ3v) is 4.66. The van der Waals surface area contributed by atoms with Crippen LogP contribution >= 0.6 is 11.6 Å². The summed E-state index contributed by atoms with van der Waals surface area (Å²) in [6, 6.07) is 14.4. The Kier molecular flexibility index (Phi) is 6.21. The van der Waals surface area contributed by atoms with E-state index < -0.39 is 0 Å². The molecular weight excluding hydrogens is 378 g/mol. The summed E-state index contributed by atoms with van der Waals surface area (Å²) in [7, 11) is 5.22. The van der Waals surface area contributed by atoms with Gasteiger partial charge >= 0.3 is 0 Å². The second-order valence-electron chi connectivity index (χ2n) is 6.38. The first-order valence-electron chi connectivity index (χ1n) is 8.75. The topological polar surface area (TPSA) is 56.6 Å². The number of aromatic nitrogens is 2. The maximum Gasteiger partial charge on any atom is 0.253 e. The van der Waals surface area contributed by atoms with Crippen LogP contribution < -0.4 is 9.47 Å². The van der Waals surface area contributed by atoms with Crippen LogP contribution in [0.3, 0.4) is 0 Å². The van der Waals surface area contributed by atoms with E-state index in [1.807, 2.05) is 13.1 Å². The van der Waals surface area contributed by atoms with E-state index in [2.05, 4.69) is 5.10 Å². The molecular formula is C21H22ClN3O3. The van der Waals surface area contributed by atoms with Crippen LogP contribution in [0.15, 0.2) is 54.7 Å². The molecule has 0 bridgehead atoms. The van der Waals surface area contributed by atoms with Gasteiger partial charge in [-0.25, -0.2) is 0 Å². The molecule has 0 fully saturated rings. The van der Waals surface area contributed by atoms with E-state index in [1.54, 1.807) is 72.4 Å². The van der Waals surface area contributed by atoms with Gasteiger partial charge in [-0.3, -0.25) is 9.48 Å². The van der Waals surface area contributed by atoms with Gasteiger partial charge < -0.3 is 14.4 Å². The van der Waals surface area contributed by atoms with Gasteiger partial charge in [0.15, 0.2) is 0 Å². The highest BCUT2D eigenvalue weighted by Gasteiger charge is 2.16. The molecule has 0 atom stereocenters. The van der Waals surface area contributed by atoms with E-state index in [4.69, 9.17) is 21.1 Å². The lowest BCUT2D eigenvalue weighted by Crippen LogP contribution is -2.27. The maximum atomic E-state index is 12.8. The van der Waals surface area contributed by atoms with Gasteiger partial charge in [-0.15, -0.1) is 0 Å². The average Bonchev–Trinajstić information content (AvgIpc) is 3.11. The van der Waals surface area contributed by atoms with Crippen molar-refractivity contribution in [3.05, 3.63) is 76.6 Å². The summed E-state index contributed by atoms with van der Waals surface area (Å²) in [5, 5.41) is 4.78. The predicted octanol–water partition coefficient (Wildman–Crippen LogP) is 3.93. The van der Waals surface area contributed by atoms with Crippen LogP contribution in [-0.2, 0) is 20.2 Å². The molecule has 0 aliphatic heterocycles. The van der Waals surface area contributed by atoms with E-state index in [0.29, 0.717) is 28.6 Å².